The number of nitrogens with zero attached hydrogens (tertiary/aromatic N) is 1. The van der Waals surface area contributed by atoms with Crippen molar-refractivity contribution in [3.05, 3.63) is 0 Å². The van der Waals surface area contributed by atoms with Gasteiger partial charge in [-0.2, -0.15) is 13.2 Å². The summed E-state index contributed by atoms with van der Waals surface area (Å²) < 4.78 is 40.2. The van der Waals surface area contributed by atoms with Crippen LogP contribution in [0.15, 0.2) is 0 Å². The molecule has 1 rings (SSSR count). The minimum atomic E-state index is -4.22. The number of hydrogen-bond donors (Lipinski definition) is 1. The molecule has 0 aromatic rings. The van der Waals surface area contributed by atoms with Gasteiger partial charge in [0.1, 0.15) is 6.61 Å². The van der Waals surface area contributed by atoms with Gasteiger partial charge < -0.3 is 10.5 Å². The number of likely N-dealkylation sites (tertiary alicyclic amines) is 1. The summed E-state index contributed by atoms with van der Waals surface area (Å²) >= 11 is 0. The van der Waals surface area contributed by atoms with Crippen LogP contribution in [0.3, 0.4) is 0 Å². The molecule has 0 bridgehead atoms. The van der Waals surface area contributed by atoms with Crippen molar-refractivity contribution in [2.24, 2.45) is 5.73 Å². The van der Waals surface area contributed by atoms with Crippen LogP contribution in [-0.4, -0.2) is 49.5 Å². The molecule has 0 spiro atoms. The lowest BCUT2D eigenvalue weighted by Gasteiger charge is -2.38. The number of ether oxygens (including phenoxy) is 1. The molecule has 2 unspecified atom stereocenters. The predicted molar refractivity (Wildman–Crippen MR) is 64.4 cm³/mol. The zero-order valence-electron chi connectivity index (χ0n) is 10.9. The van der Waals surface area contributed by atoms with Gasteiger partial charge in [0.2, 0.25) is 0 Å². The fourth-order valence-electron chi connectivity index (χ4n) is 2.45. The lowest BCUT2D eigenvalue weighted by Crippen LogP contribution is -2.49. The van der Waals surface area contributed by atoms with Crippen molar-refractivity contribution in [1.29, 1.82) is 0 Å². The van der Waals surface area contributed by atoms with Crippen molar-refractivity contribution in [3.8, 4) is 0 Å². The Kier molecular flexibility index (Phi) is 6.38. The van der Waals surface area contributed by atoms with Crippen molar-refractivity contribution in [2.45, 2.75) is 50.9 Å². The second-order valence-corrected chi connectivity index (χ2v) is 4.98. The Morgan fingerprint density at radius 3 is 2.72 bits per heavy atom. The second kappa shape index (κ2) is 7.31. The first-order chi connectivity index (χ1) is 8.40. The summed E-state index contributed by atoms with van der Waals surface area (Å²) in [6, 6.07) is 0.475. The summed E-state index contributed by atoms with van der Waals surface area (Å²) in [6.45, 7) is 2.75. The van der Waals surface area contributed by atoms with Gasteiger partial charge in [-0.3, -0.25) is 4.90 Å². The van der Waals surface area contributed by atoms with Gasteiger partial charge in [-0.1, -0.05) is 6.42 Å². The third-order valence-electron chi connectivity index (χ3n) is 3.27. The molecule has 0 saturated carbocycles. The Labute approximate surface area is 106 Å². The smallest absolute Gasteiger partial charge is 0.372 e. The minimum Gasteiger partial charge on any atom is -0.372 e. The van der Waals surface area contributed by atoms with E-state index in [2.05, 4.69) is 9.64 Å². The first kappa shape index (κ1) is 15.7. The van der Waals surface area contributed by atoms with Gasteiger partial charge >= 0.3 is 6.18 Å². The Morgan fingerprint density at radius 2 is 2.11 bits per heavy atom. The standard InChI is InChI=1S/C12H23F3N2O/c1-10(16)11-5-2-3-6-17(11)7-4-8-18-9-12(13,14)15/h10-11H,2-9,16H2,1H3. The lowest BCUT2D eigenvalue weighted by atomic mass is 9.97. The monoisotopic (exact) mass is 268 g/mol. The zero-order chi connectivity index (χ0) is 13.6. The van der Waals surface area contributed by atoms with Crippen LogP contribution in [0.2, 0.25) is 0 Å². The van der Waals surface area contributed by atoms with Crippen LogP contribution in [0.4, 0.5) is 13.2 Å². The maximum Gasteiger partial charge on any atom is 0.411 e. The predicted octanol–water partition coefficient (Wildman–Crippen LogP) is 2.16. The molecule has 0 aromatic heterocycles. The molecule has 1 saturated heterocycles. The summed E-state index contributed by atoms with van der Waals surface area (Å²) in [5.74, 6) is 0. The highest BCUT2D eigenvalue weighted by molar-refractivity contribution is 4.82. The molecule has 6 heteroatoms. The summed E-state index contributed by atoms with van der Waals surface area (Å²) in [4.78, 5) is 2.28. The van der Waals surface area contributed by atoms with E-state index in [1.165, 1.54) is 6.42 Å². The van der Waals surface area contributed by atoms with Crippen molar-refractivity contribution >= 4 is 0 Å². The Balaban J connectivity index is 2.17. The maximum absolute atomic E-state index is 11.9. The van der Waals surface area contributed by atoms with Crippen LogP contribution in [0, 0.1) is 0 Å². The SMILES string of the molecule is CC(N)C1CCCCN1CCCOCC(F)(F)F. The van der Waals surface area contributed by atoms with Crippen molar-refractivity contribution < 1.29 is 17.9 Å². The molecule has 18 heavy (non-hydrogen) atoms. The number of nitrogens with two attached hydrogens (primary N) is 1. The average molecular weight is 268 g/mol. The molecule has 3 nitrogen and oxygen atoms in total. The van der Waals surface area contributed by atoms with Gasteiger partial charge in [0.25, 0.3) is 0 Å². The van der Waals surface area contributed by atoms with Crippen LogP contribution in [0.1, 0.15) is 32.6 Å². The third kappa shape index (κ3) is 6.02. The van der Waals surface area contributed by atoms with Crippen molar-refractivity contribution in [3.63, 3.8) is 0 Å². The molecule has 2 N–H and O–H groups in total. The van der Waals surface area contributed by atoms with Crippen LogP contribution in [0.25, 0.3) is 0 Å². The maximum atomic E-state index is 11.9. The van der Waals surface area contributed by atoms with E-state index in [-0.39, 0.29) is 12.6 Å². The zero-order valence-corrected chi connectivity index (χ0v) is 10.9. The largest absolute Gasteiger partial charge is 0.411 e. The van der Waals surface area contributed by atoms with E-state index in [1.807, 2.05) is 6.92 Å². The van der Waals surface area contributed by atoms with Crippen molar-refractivity contribution in [1.82, 2.24) is 4.90 Å². The van der Waals surface area contributed by atoms with E-state index in [4.69, 9.17) is 5.73 Å². The highest BCUT2D eigenvalue weighted by Gasteiger charge is 2.27. The van der Waals surface area contributed by atoms with E-state index in [0.717, 1.165) is 25.9 Å². The van der Waals surface area contributed by atoms with E-state index < -0.39 is 12.8 Å². The van der Waals surface area contributed by atoms with Gasteiger partial charge in [0.05, 0.1) is 0 Å². The van der Waals surface area contributed by atoms with E-state index in [9.17, 15) is 13.2 Å². The molecule has 1 heterocycles. The fraction of sp³-hybridized carbons (Fsp3) is 1.00. The van der Waals surface area contributed by atoms with Gasteiger partial charge in [-0.05, 0) is 32.7 Å². The number of piperidine rings is 1. The Hall–Kier alpha value is -0.330. The second-order valence-electron chi connectivity index (χ2n) is 4.98. The van der Waals surface area contributed by atoms with E-state index in [1.54, 1.807) is 0 Å². The summed E-state index contributed by atoms with van der Waals surface area (Å²) in [6.07, 6.45) is -0.181. The van der Waals surface area contributed by atoms with Gasteiger partial charge in [-0.25, -0.2) is 0 Å². The highest BCUT2D eigenvalue weighted by atomic mass is 19.4. The molecular formula is C12H23F3N2O. The molecule has 1 aliphatic heterocycles. The van der Waals surface area contributed by atoms with Gasteiger partial charge in [0.15, 0.2) is 0 Å². The van der Waals surface area contributed by atoms with Crippen LogP contribution < -0.4 is 5.73 Å². The number of halogens is 3. The van der Waals surface area contributed by atoms with E-state index in [0.29, 0.717) is 12.5 Å². The normalized spacial score (nSPS) is 24.2. The average Bonchev–Trinajstić information content (AvgIpc) is 2.27. The molecule has 0 aromatic carbocycles. The quantitative estimate of drug-likeness (QED) is 0.750. The molecule has 1 fully saturated rings. The van der Waals surface area contributed by atoms with Crippen LogP contribution >= 0.6 is 0 Å². The van der Waals surface area contributed by atoms with Crippen LogP contribution in [-0.2, 0) is 4.74 Å². The van der Waals surface area contributed by atoms with Crippen molar-refractivity contribution in [2.75, 3.05) is 26.3 Å². The van der Waals surface area contributed by atoms with E-state index >= 15 is 0 Å². The topological polar surface area (TPSA) is 38.5 Å². The van der Waals surface area contributed by atoms with Gasteiger partial charge in [0, 0.05) is 25.2 Å². The number of rotatable bonds is 6. The number of hydrogen-bond acceptors (Lipinski definition) is 3. The third-order valence-corrected chi connectivity index (χ3v) is 3.27. The molecule has 0 amide bonds. The molecule has 1 aliphatic rings. The summed E-state index contributed by atoms with van der Waals surface area (Å²) in [5, 5.41) is 0. The number of alkyl halides is 3. The summed E-state index contributed by atoms with van der Waals surface area (Å²) in [5.41, 5.74) is 5.92. The minimum absolute atomic E-state index is 0.112. The highest BCUT2D eigenvalue weighted by Crippen LogP contribution is 2.19. The van der Waals surface area contributed by atoms with Crippen LogP contribution in [0.5, 0.6) is 0 Å². The molecule has 2 atom stereocenters. The molecule has 0 radical (unpaired) electrons. The lowest BCUT2D eigenvalue weighted by molar-refractivity contribution is -0.174. The first-order valence-corrected chi connectivity index (χ1v) is 6.54. The van der Waals surface area contributed by atoms with Gasteiger partial charge in [-0.15, -0.1) is 0 Å². The Morgan fingerprint density at radius 1 is 1.39 bits per heavy atom. The molecule has 0 aliphatic carbocycles. The molecular weight excluding hydrogens is 245 g/mol. The summed E-state index contributed by atoms with van der Waals surface area (Å²) in [7, 11) is 0. The Bertz CT molecular complexity index is 234. The first-order valence-electron chi connectivity index (χ1n) is 6.54. The fourth-order valence-corrected chi connectivity index (χ4v) is 2.45. The molecule has 108 valence electrons.